The van der Waals surface area contributed by atoms with E-state index >= 15 is 0 Å². The van der Waals surface area contributed by atoms with Gasteiger partial charge in [0.25, 0.3) is 5.91 Å². The Bertz CT molecular complexity index is 478. The summed E-state index contributed by atoms with van der Waals surface area (Å²) in [4.78, 5) is 26.0. The molecule has 0 unspecified atom stereocenters. The second kappa shape index (κ2) is 5.12. The quantitative estimate of drug-likeness (QED) is 0.792. The van der Waals surface area contributed by atoms with Crippen LogP contribution in [0.2, 0.25) is 0 Å². The normalized spacial score (nSPS) is 22.7. The number of carboxylic acid groups (broad SMARTS) is 1. The van der Waals surface area contributed by atoms with Gasteiger partial charge in [-0.15, -0.1) is 0 Å². The van der Waals surface area contributed by atoms with Crippen molar-refractivity contribution < 1.29 is 19.1 Å². The highest BCUT2D eigenvalue weighted by atomic mass is 19.1. The predicted octanol–water partition coefficient (Wildman–Crippen LogP) is 1.20. The lowest BCUT2D eigenvalue weighted by Gasteiger charge is -2.11. The van der Waals surface area contributed by atoms with Crippen LogP contribution in [-0.4, -0.2) is 28.0 Å². The summed E-state index contributed by atoms with van der Waals surface area (Å²) in [5, 5.41) is 11.5. The molecule has 1 heterocycles. The highest BCUT2D eigenvalue weighted by Gasteiger charge is 2.30. The average molecular weight is 252 g/mol. The predicted molar refractivity (Wildman–Crippen MR) is 60.4 cm³/mol. The molecule has 1 fully saturated rings. The Labute approximate surface area is 103 Å². The number of carbonyl (C=O) groups excluding carboxylic acids is 1. The third-order valence-electron chi connectivity index (χ3n) is 3.06. The number of hydrogen-bond acceptors (Lipinski definition) is 3. The lowest BCUT2D eigenvalue weighted by molar-refractivity contribution is -0.141. The van der Waals surface area contributed by atoms with Gasteiger partial charge in [-0.1, -0.05) is 6.07 Å². The summed E-state index contributed by atoms with van der Waals surface area (Å²) in [6.45, 7) is 0. The summed E-state index contributed by atoms with van der Waals surface area (Å²) in [7, 11) is 0. The number of aliphatic carboxylic acids is 1. The molecule has 2 atom stereocenters. The first kappa shape index (κ1) is 12.5. The van der Waals surface area contributed by atoms with Gasteiger partial charge in [0, 0.05) is 6.04 Å². The Kier molecular flexibility index (Phi) is 3.55. The number of carboxylic acids is 1. The molecule has 0 aliphatic heterocycles. The van der Waals surface area contributed by atoms with Crippen molar-refractivity contribution in [2.45, 2.75) is 25.3 Å². The molecular weight excluding hydrogens is 239 g/mol. The summed E-state index contributed by atoms with van der Waals surface area (Å²) >= 11 is 0. The Hall–Kier alpha value is -1.98. The molecule has 0 saturated heterocycles. The van der Waals surface area contributed by atoms with Gasteiger partial charge < -0.3 is 10.4 Å². The highest BCUT2D eigenvalue weighted by molar-refractivity contribution is 5.92. The van der Waals surface area contributed by atoms with Crippen LogP contribution in [0.4, 0.5) is 4.39 Å². The van der Waals surface area contributed by atoms with Crippen molar-refractivity contribution >= 4 is 11.9 Å². The van der Waals surface area contributed by atoms with Crippen molar-refractivity contribution in [1.29, 1.82) is 0 Å². The second-order valence-corrected chi connectivity index (χ2v) is 4.36. The molecule has 1 aromatic heterocycles. The smallest absolute Gasteiger partial charge is 0.306 e. The number of nitrogens with zero attached hydrogens (tertiary/aromatic N) is 1. The fourth-order valence-electron chi connectivity index (χ4n) is 2.13. The summed E-state index contributed by atoms with van der Waals surface area (Å²) < 4.78 is 12.8. The van der Waals surface area contributed by atoms with Crippen molar-refractivity contribution in [1.82, 2.24) is 10.3 Å². The van der Waals surface area contributed by atoms with Crippen molar-refractivity contribution in [3.63, 3.8) is 0 Å². The molecule has 1 aliphatic carbocycles. The summed E-state index contributed by atoms with van der Waals surface area (Å²) in [5.74, 6) is -2.42. The summed E-state index contributed by atoms with van der Waals surface area (Å²) in [6, 6.07) is 3.81. The van der Waals surface area contributed by atoms with E-state index in [-0.39, 0.29) is 11.7 Å². The fraction of sp³-hybridized carbons (Fsp3) is 0.417. The fourth-order valence-corrected chi connectivity index (χ4v) is 2.13. The number of hydrogen-bond donors (Lipinski definition) is 2. The third-order valence-corrected chi connectivity index (χ3v) is 3.06. The van der Waals surface area contributed by atoms with E-state index in [0.29, 0.717) is 19.3 Å². The number of rotatable bonds is 3. The first-order valence-corrected chi connectivity index (χ1v) is 5.72. The van der Waals surface area contributed by atoms with Crippen LogP contribution < -0.4 is 5.32 Å². The SMILES string of the molecule is O=C(N[C@H]1CC[C@@H](C(=O)O)C1)c1cccc(F)n1. The molecule has 0 aromatic carbocycles. The van der Waals surface area contributed by atoms with Crippen LogP contribution in [0.25, 0.3) is 0 Å². The van der Waals surface area contributed by atoms with Crippen molar-refractivity contribution in [3.8, 4) is 0 Å². The first-order chi connectivity index (χ1) is 8.56. The largest absolute Gasteiger partial charge is 0.481 e. The van der Waals surface area contributed by atoms with Gasteiger partial charge >= 0.3 is 5.97 Å². The molecule has 2 N–H and O–H groups in total. The van der Waals surface area contributed by atoms with Gasteiger partial charge in [-0.05, 0) is 31.4 Å². The standard InChI is InChI=1S/C12H13FN2O3/c13-10-3-1-2-9(15-10)11(16)14-8-5-4-7(6-8)12(17)18/h1-3,7-8H,4-6H2,(H,14,16)(H,17,18)/t7-,8+/m1/s1. The number of nitrogens with one attached hydrogen (secondary N) is 1. The molecule has 2 rings (SSSR count). The molecule has 1 aromatic rings. The van der Waals surface area contributed by atoms with Crippen LogP contribution in [0, 0.1) is 11.9 Å². The summed E-state index contributed by atoms with van der Waals surface area (Å²) in [6.07, 6.45) is 1.59. The van der Waals surface area contributed by atoms with E-state index in [1.54, 1.807) is 0 Å². The minimum Gasteiger partial charge on any atom is -0.481 e. The van der Waals surface area contributed by atoms with E-state index in [1.807, 2.05) is 0 Å². The van der Waals surface area contributed by atoms with Crippen molar-refractivity contribution in [3.05, 3.63) is 29.8 Å². The summed E-state index contributed by atoms with van der Waals surface area (Å²) in [5.41, 5.74) is 0.00813. The van der Waals surface area contributed by atoms with Crippen molar-refractivity contribution in [2.24, 2.45) is 5.92 Å². The van der Waals surface area contributed by atoms with E-state index < -0.39 is 23.7 Å². The Morgan fingerprint density at radius 3 is 2.78 bits per heavy atom. The third kappa shape index (κ3) is 2.82. The number of halogens is 1. The molecule has 6 heteroatoms. The zero-order chi connectivity index (χ0) is 13.1. The van der Waals surface area contributed by atoms with E-state index in [4.69, 9.17) is 5.11 Å². The Morgan fingerprint density at radius 1 is 1.39 bits per heavy atom. The Balaban J connectivity index is 1.95. The van der Waals surface area contributed by atoms with Gasteiger partial charge in [-0.2, -0.15) is 4.39 Å². The number of pyridine rings is 1. The molecule has 5 nitrogen and oxygen atoms in total. The van der Waals surface area contributed by atoms with Gasteiger partial charge in [0.15, 0.2) is 0 Å². The number of aromatic nitrogens is 1. The minimum absolute atomic E-state index is 0.00813. The molecular formula is C12H13FN2O3. The lowest BCUT2D eigenvalue weighted by atomic mass is 10.1. The zero-order valence-electron chi connectivity index (χ0n) is 9.60. The number of amides is 1. The maximum absolute atomic E-state index is 12.8. The molecule has 1 saturated carbocycles. The maximum Gasteiger partial charge on any atom is 0.306 e. The molecule has 0 bridgehead atoms. The number of carbonyl (C=O) groups is 2. The molecule has 0 spiro atoms. The van der Waals surface area contributed by atoms with Gasteiger partial charge in [0.2, 0.25) is 5.95 Å². The van der Waals surface area contributed by atoms with Crippen molar-refractivity contribution in [2.75, 3.05) is 0 Å². The van der Waals surface area contributed by atoms with Gasteiger partial charge in [0.1, 0.15) is 5.69 Å². The average Bonchev–Trinajstić information content (AvgIpc) is 2.77. The van der Waals surface area contributed by atoms with Gasteiger partial charge in [-0.3, -0.25) is 9.59 Å². The maximum atomic E-state index is 12.8. The Morgan fingerprint density at radius 2 is 2.17 bits per heavy atom. The van der Waals surface area contributed by atoms with Gasteiger partial charge in [-0.25, -0.2) is 4.98 Å². The highest BCUT2D eigenvalue weighted by Crippen LogP contribution is 2.25. The lowest BCUT2D eigenvalue weighted by Crippen LogP contribution is -2.34. The van der Waals surface area contributed by atoms with Crippen LogP contribution in [0.15, 0.2) is 18.2 Å². The molecule has 0 radical (unpaired) electrons. The molecule has 96 valence electrons. The zero-order valence-corrected chi connectivity index (χ0v) is 9.60. The first-order valence-electron chi connectivity index (χ1n) is 5.72. The van der Waals surface area contributed by atoms with Crippen LogP contribution in [-0.2, 0) is 4.79 Å². The molecule has 1 amide bonds. The monoisotopic (exact) mass is 252 g/mol. The van der Waals surface area contributed by atoms with Crippen LogP contribution in [0.3, 0.4) is 0 Å². The van der Waals surface area contributed by atoms with E-state index in [2.05, 4.69) is 10.3 Å². The van der Waals surface area contributed by atoms with E-state index in [0.717, 1.165) is 6.07 Å². The second-order valence-electron chi connectivity index (χ2n) is 4.36. The van der Waals surface area contributed by atoms with Gasteiger partial charge in [0.05, 0.1) is 5.92 Å². The van der Waals surface area contributed by atoms with E-state index in [1.165, 1.54) is 12.1 Å². The van der Waals surface area contributed by atoms with Crippen LogP contribution >= 0.6 is 0 Å². The molecule has 18 heavy (non-hydrogen) atoms. The van der Waals surface area contributed by atoms with Crippen LogP contribution in [0.1, 0.15) is 29.8 Å². The van der Waals surface area contributed by atoms with E-state index in [9.17, 15) is 14.0 Å². The molecule has 1 aliphatic rings. The van der Waals surface area contributed by atoms with Crippen LogP contribution in [0.5, 0.6) is 0 Å². The minimum atomic E-state index is -0.837. The topological polar surface area (TPSA) is 79.3 Å².